The van der Waals surface area contributed by atoms with E-state index in [2.05, 4.69) is 61.5 Å². The van der Waals surface area contributed by atoms with E-state index >= 15 is 0 Å². The van der Waals surface area contributed by atoms with Gasteiger partial charge >= 0.3 is 17.9 Å². The summed E-state index contributed by atoms with van der Waals surface area (Å²) in [4.78, 5) is 53.3. The molecule has 0 heterocycles. The zero-order valence-corrected chi connectivity index (χ0v) is 53.2. The molecule has 0 N–H and O–H groups in total. The SMILES string of the molecule is COc1ccc(C2(c3ccc(OC(=O)c4ccc5cc(C(=O)Oc6ccc(C7(c8ccc(OC(=O)c9ccc(Oc%10ccc(C(C)=O)cc%10)cc9)c(C)c8)CCCCCCCCCCC7)cc6C)ccc5c4)c(C)c3)CCCCCCCCCCC2)cc1C. The van der Waals surface area contributed by atoms with Crippen LogP contribution in [0.25, 0.3) is 10.8 Å². The van der Waals surface area contributed by atoms with Crippen molar-refractivity contribution < 1.29 is 42.9 Å². The van der Waals surface area contributed by atoms with Crippen LogP contribution in [-0.4, -0.2) is 30.8 Å². The van der Waals surface area contributed by atoms with Crippen LogP contribution < -0.4 is 23.7 Å². The lowest BCUT2D eigenvalue weighted by atomic mass is 9.67. The Labute approximate surface area is 527 Å². The molecule has 0 spiro atoms. The van der Waals surface area contributed by atoms with Crippen LogP contribution in [0.15, 0.2) is 158 Å². The van der Waals surface area contributed by atoms with Crippen LogP contribution in [0.5, 0.6) is 34.5 Å². The van der Waals surface area contributed by atoms with Gasteiger partial charge in [0.05, 0.1) is 23.8 Å². The highest BCUT2D eigenvalue weighted by atomic mass is 16.5. The molecule has 0 unspecified atom stereocenters. The number of fused-ring (bicyclic) bond motifs is 1. The van der Waals surface area contributed by atoms with Crippen LogP contribution in [0, 0.1) is 27.7 Å². The smallest absolute Gasteiger partial charge is 0.343 e. The molecule has 2 saturated carbocycles. The van der Waals surface area contributed by atoms with Gasteiger partial charge in [0.2, 0.25) is 0 Å². The Hall–Kier alpha value is -8.30. The van der Waals surface area contributed by atoms with Gasteiger partial charge in [-0.05, 0) is 213 Å². The van der Waals surface area contributed by atoms with E-state index in [-0.39, 0.29) is 16.6 Å². The average Bonchev–Trinajstić information content (AvgIpc) is 1.11. The first kappa shape index (κ1) is 63.7. The molecular formula is C80H88O9. The molecule has 0 saturated heterocycles. The van der Waals surface area contributed by atoms with Crippen LogP contribution in [-0.2, 0) is 10.8 Å². The number of ketones is 1. The summed E-state index contributed by atoms with van der Waals surface area (Å²) < 4.78 is 30.1. The molecule has 0 aromatic heterocycles. The summed E-state index contributed by atoms with van der Waals surface area (Å²) in [5.74, 6) is 2.20. The molecule has 9 nitrogen and oxygen atoms in total. The standard InChI is InChI=1S/C80H88O9/c1-55-49-66(33-41-72(55)85-6)79(45-21-17-13-9-7-10-14-18-22-46-79)67-35-43-74(57(3)51-67)88-77(83)64-27-25-63-54-65(28-26-62(63)53-64)78(84)89-75-44-36-69(52-58(75)4)80(47-23-19-15-11-8-12-16-20-24-48-80)68-34-42-73(56(2)50-68)87-76(82)61-31-39-71(40-32-61)86-70-37-29-60(30-38-70)59(5)81/h25-44,49-54H,7-24,45-48H2,1-6H3. The summed E-state index contributed by atoms with van der Waals surface area (Å²) in [6.07, 6.45) is 26.0. The third-order valence-corrected chi connectivity index (χ3v) is 19.1. The summed E-state index contributed by atoms with van der Waals surface area (Å²) in [5.41, 5.74) is 10.1. The summed E-state index contributed by atoms with van der Waals surface area (Å²) in [6.45, 7) is 9.70. The minimum absolute atomic E-state index is 0.0139. The first-order chi connectivity index (χ1) is 43.2. The lowest BCUT2D eigenvalue weighted by Gasteiger charge is -2.37. The highest BCUT2D eigenvalue weighted by Crippen LogP contribution is 2.47. The predicted octanol–water partition coefficient (Wildman–Crippen LogP) is 20.9. The molecule has 10 rings (SSSR count). The minimum atomic E-state index is -0.465. The van der Waals surface area contributed by atoms with E-state index in [4.69, 9.17) is 23.7 Å². The molecule has 9 heteroatoms. The number of hydrogen-bond acceptors (Lipinski definition) is 9. The van der Waals surface area contributed by atoms with Gasteiger partial charge in [0, 0.05) is 16.4 Å². The van der Waals surface area contributed by atoms with E-state index in [0.29, 0.717) is 51.0 Å². The van der Waals surface area contributed by atoms with Crippen molar-refractivity contribution in [3.8, 4) is 34.5 Å². The number of carbonyl (C=O) groups is 4. The maximum Gasteiger partial charge on any atom is 0.343 e. The van der Waals surface area contributed by atoms with Crippen LogP contribution in [0.3, 0.4) is 0 Å². The monoisotopic (exact) mass is 1190 g/mol. The third kappa shape index (κ3) is 15.6. The number of ether oxygens (including phenoxy) is 5. The lowest BCUT2D eigenvalue weighted by molar-refractivity contribution is 0.0724. The Morgan fingerprint density at radius 3 is 0.899 bits per heavy atom. The number of esters is 3. The molecule has 0 atom stereocenters. The van der Waals surface area contributed by atoms with E-state index < -0.39 is 17.9 Å². The minimum Gasteiger partial charge on any atom is -0.496 e. The number of Topliss-reactive ketones (excluding diaryl/α,β-unsaturated/α-hetero) is 1. The van der Waals surface area contributed by atoms with Gasteiger partial charge in [-0.1, -0.05) is 176 Å². The Kier molecular flexibility index (Phi) is 21.3. The summed E-state index contributed by atoms with van der Waals surface area (Å²) in [5, 5.41) is 1.61. The number of aryl methyl sites for hydroxylation is 4. The lowest BCUT2D eigenvalue weighted by Crippen LogP contribution is -2.29. The average molecular weight is 1190 g/mol. The summed E-state index contributed by atoms with van der Waals surface area (Å²) in [7, 11) is 1.73. The highest BCUT2D eigenvalue weighted by molar-refractivity contribution is 6.00. The van der Waals surface area contributed by atoms with Gasteiger partial charge in [-0.2, -0.15) is 0 Å². The van der Waals surface area contributed by atoms with Gasteiger partial charge in [-0.3, -0.25) is 4.79 Å². The van der Waals surface area contributed by atoms with Gasteiger partial charge in [0.15, 0.2) is 5.78 Å². The van der Waals surface area contributed by atoms with Crippen molar-refractivity contribution >= 4 is 34.5 Å². The number of benzene rings is 8. The van der Waals surface area contributed by atoms with Crippen molar-refractivity contribution in [2.24, 2.45) is 0 Å². The third-order valence-electron chi connectivity index (χ3n) is 19.1. The molecule has 8 aromatic carbocycles. The van der Waals surface area contributed by atoms with Crippen LogP contribution in [0.1, 0.15) is 234 Å². The molecule has 8 aromatic rings. The maximum absolute atomic E-state index is 14.1. The quantitative estimate of drug-likeness (QED) is 0.0596. The van der Waals surface area contributed by atoms with Crippen molar-refractivity contribution in [3.63, 3.8) is 0 Å². The molecule has 462 valence electrons. The molecule has 89 heavy (non-hydrogen) atoms. The second-order valence-electron chi connectivity index (χ2n) is 25.3. The van der Waals surface area contributed by atoms with Crippen molar-refractivity contribution in [2.45, 2.75) is 187 Å². The molecule has 2 fully saturated rings. The molecule has 2 aliphatic carbocycles. The zero-order chi connectivity index (χ0) is 62.3. The fourth-order valence-corrected chi connectivity index (χ4v) is 13.8. The van der Waals surface area contributed by atoms with E-state index in [9.17, 15) is 19.2 Å². The number of hydrogen-bond donors (Lipinski definition) is 0. The largest absolute Gasteiger partial charge is 0.496 e. The second-order valence-corrected chi connectivity index (χ2v) is 25.3. The number of carbonyl (C=O) groups excluding carboxylic acids is 4. The fraction of sp³-hybridized carbons (Fsp3) is 0.375. The Morgan fingerprint density at radius 2 is 0.596 bits per heavy atom. The van der Waals surface area contributed by atoms with E-state index in [1.807, 2.05) is 63.2 Å². The first-order valence-corrected chi connectivity index (χ1v) is 32.8. The molecular weight excluding hydrogens is 1100 g/mol. The fourth-order valence-electron chi connectivity index (χ4n) is 13.8. The maximum atomic E-state index is 14.1. The molecule has 0 amide bonds. The van der Waals surface area contributed by atoms with Crippen molar-refractivity contribution in [3.05, 3.63) is 224 Å². The van der Waals surface area contributed by atoms with Gasteiger partial charge in [-0.25, -0.2) is 14.4 Å². The van der Waals surface area contributed by atoms with Crippen molar-refractivity contribution in [1.82, 2.24) is 0 Å². The summed E-state index contributed by atoms with van der Waals surface area (Å²) in [6, 6.07) is 50.3. The normalized spacial score (nSPS) is 16.0. The number of methoxy groups -OCH3 is 1. The Balaban J connectivity index is 0.829. The Bertz CT molecular complexity index is 3750. The van der Waals surface area contributed by atoms with E-state index in [0.717, 1.165) is 103 Å². The van der Waals surface area contributed by atoms with Gasteiger partial charge < -0.3 is 23.7 Å². The molecule has 0 radical (unpaired) electrons. The van der Waals surface area contributed by atoms with Crippen LogP contribution in [0.2, 0.25) is 0 Å². The number of rotatable bonds is 14. The van der Waals surface area contributed by atoms with Gasteiger partial charge in [0.25, 0.3) is 0 Å². The van der Waals surface area contributed by atoms with Gasteiger partial charge in [-0.15, -0.1) is 0 Å². The molecule has 2 aliphatic rings. The van der Waals surface area contributed by atoms with Gasteiger partial charge in [0.1, 0.15) is 34.5 Å². The van der Waals surface area contributed by atoms with Crippen molar-refractivity contribution in [2.75, 3.05) is 7.11 Å². The zero-order valence-electron chi connectivity index (χ0n) is 53.2. The van der Waals surface area contributed by atoms with E-state index in [1.165, 1.54) is 106 Å². The topological polar surface area (TPSA) is 114 Å². The van der Waals surface area contributed by atoms with Crippen LogP contribution in [0.4, 0.5) is 0 Å². The highest BCUT2D eigenvalue weighted by Gasteiger charge is 2.37. The van der Waals surface area contributed by atoms with Crippen molar-refractivity contribution in [1.29, 1.82) is 0 Å². The molecule has 0 aliphatic heterocycles. The summed E-state index contributed by atoms with van der Waals surface area (Å²) >= 11 is 0. The van der Waals surface area contributed by atoms with Crippen LogP contribution >= 0.6 is 0 Å². The molecule has 0 bridgehead atoms. The Morgan fingerprint density at radius 1 is 0.315 bits per heavy atom. The van der Waals surface area contributed by atoms with E-state index in [1.54, 1.807) is 67.8 Å². The second kappa shape index (κ2) is 29.8. The predicted molar refractivity (Wildman–Crippen MR) is 356 cm³/mol. The first-order valence-electron chi connectivity index (χ1n) is 32.8.